The van der Waals surface area contributed by atoms with Crippen LogP contribution in [0.25, 0.3) is 0 Å². The largest absolute Gasteiger partial charge is 0.481 e. The van der Waals surface area contributed by atoms with Gasteiger partial charge in [-0.2, -0.15) is 0 Å². The van der Waals surface area contributed by atoms with Crippen molar-refractivity contribution < 1.29 is 19.4 Å². The van der Waals surface area contributed by atoms with E-state index in [1.165, 1.54) is 0 Å². The van der Waals surface area contributed by atoms with Gasteiger partial charge in [-0.05, 0) is 26.7 Å². The van der Waals surface area contributed by atoms with Crippen LogP contribution in [-0.4, -0.2) is 53.8 Å². The SMILES string of the molecule is CCC(CC)(CNC(=O)N1CC(C)OCC1C)C(=O)O. The number of nitrogens with zero attached hydrogens (tertiary/aromatic N) is 1. The van der Waals surface area contributed by atoms with Gasteiger partial charge in [0.05, 0.1) is 24.2 Å². The second-order valence-electron chi connectivity index (χ2n) is 5.60. The van der Waals surface area contributed by atoms with E-state index in [1.54, 1.807) is 4.90 Å². The van der Waals surface area contributed by atoms with E-state index in [4.69, 9.17) is 4.74 Å². The summed E-state index contributed by atoms with van der Waals surface area (Å²) in [6, 6.07) is -0.200. The van der Waals surface area contributed by atoms with E-state index in [0.717, 1.165) is 0 Å². The average Bonchev–Trinajstić information content (AvgIpc) is 2.42. The number of rotatable bonds is 5. The lowest BCUT2D eigenvalue weighted by Gasteiger charge is -2.37. The minimum absolute atomic E-state index is 0.00804. The molecule has 0 aromatic carbocycles. The van der Waals surface area contributed by atoms with Crippen LogP contribution in [0.5, 0.6) is 0 Å². The summed E-state index contributed by atoms with van der Waals surface area (Å²) in [5.74, 6) is -0.855. The zero-order valence-corrected chi connectivity index (χ0v) is 12.8. The summed E-state index contributed by atoms with van der Waals surface area (Å²) < 4.78 is 5.48. The number of urea groups is 1. The molecule has 1 saturated heterocycles. The third-order valence-corrected chi connectivity index (χ3v) is 4.25. The number of carboxylic acids is 1. The summed E-state index contributed by atoms with van der Waals surface area (Å²) in [6.45, 7) is 8.73. The molecule has 0 spiro atoms. The molecular weight excluding hydrogens is 260 g/mol. The Morgan fingerprint density at radius 3 is 2.45 bits per heavy atom. The molecule has 1 aliphatic heterocycles. The first kappa shape index (κ1) is 16.8. The second-order valence-corrected chi connectivity index (χ2v) is 5.60. The maximum atomic E-state index is 12.2. The standard InChI is InChI=1S/C14H26N2O4/c1-5-14(6-2,12(17)18)9-15-13(19)16-7-11(4)20-8-10(16)3/h10-11H,5-9H2,1-4H3,(H,15,19)(H,17,18). The van der Waals surface area contributed by atoms with Crippen molar-refractivity contribution >= 4 is 12.0 Å². The van der Waals surface area contributed by atoms with E-state index in [1.807, 2.05) is 27.7 Å². The normalized spacial score (nSPS) is 23.5. The minimum Gasteiger partial charge on any atom is -0.481 e. The monoisotopic (exact) mass is 286 g/mol. The van der Waals surface area contributed by atoms with E-state index in [9.17, 15) is 14.7 Å². The van der Waals surface area contributed by atoms with E-state index >= 15 is 0 Å². The minimum atomic E-state index is -0.878. The van der Waals surface area contributed by atoms with Crippen molar-refractivity contribution in [2.24, 2.45) is 5.41 Å². The van der Waals surface area contributed by atoms with E-state index in [-0.39, 0.29) is 24.7 Å². The van der Waals surface area contributed by atoms with Crippen molar-refractivity contribution in [3.8, 4) is 0 Å². The molecule has 116 valence electrons. The van der Waals surface area contributed by atoms with Crippen molar-refractivity contribution in [2.45, 2.75) is 52.7 Å². The predicted octanol–water partition coefficient (Wildman–Crippen LogP) is 1.70. The molecule has 0 bridgehead atoms. The van der Waals surface area contributed by atoms with Crippen LogP contribution in [0, 0.1) is 5.41 Å². The molecule has 1 aliphatic rings. The molecule has 0 aromatic rings. The maximum Gasteiger partial charge on any atom is 0.317 e. The Morgan fingerprint density at radius 1 is 1.35 bits per heavy atom. The zero-order chi connectivity index (χ0) is 15.3. The van der Waals surface area contributed by atoms with Gasteiger partial charge in [0.1, 0.15) is 0 Å². The molecule has 2 atom stereocenters. The lowest BCUT2D eigenvalue weighted by atomic mass is 9.82. The molecule has 0 aromatic heterocycles. The van der Waals surface area contributed by atoms with Gasteiger partial charge < -0.3 is 20.1 Å². The van der Waals surface area contributed by atoms with Gasteiger partial charge in [-0.25, -0.2) is 4.79 Å². The molecule has 0 saturated carbocycles. The number of morpholine rings is 1. The number of hydrogen-bond acceptors (Lipinski definition) is 3. The van der Waals surface area contributed by atoms with E-state index in [2.05, 4.69) is 5.32 Å². The number of carbonyl (C=O) groups is 2. The third kappa shape index (κ3) is 3.62. The van der Waals surface area contributed by atoms with E-state index < -0.39 is 11.4 Å². The van der Waals surface area contributed by atoms with Crippen LogP contribution in [0.3, 0.4) is 0 Å². The number of nitrogens with one attached hydrogen (secondary N) is 1. The van der Waals surface area contributed by atoms with Gasteiger partial charge in [0.25, 0.3) is 0 Å². The Balaban J connectivity index is 2.63. The Labute approximate surface area is 120 Å². The molecule has 0 aliphatic carbocycles. The van der Waals surface area contributed by atoms with Crippen LogP contribution >= 0.6 is 0 Å². The average molecular weight is 286 g/mol. The van der Waals surface area contributed by atoms with Crippen LogP contribution in [-0.2, 0) is 9.53 Å². The van der Waals surface area contributed by atoms with Gasteiger partial charge in [0, 0.05) is 13.1 Å². The molecule has 6 heteroatoms. The van der Waals surface area contributed by atoms with Crippen molar-refractivity contribution in [1.29, 1.82) is 0 Å². The van der Waals surface area contributed by atoms with Gasteiger partial charge >= 0.3 is 12.0 Å². The Morgan fingerprint density at radius 2 is 1.95 bits per heavy atom. The molecule has 1 fully saturated rings. The summed E-state index contributed by atoms with van der Waals surface area (Å²) in [5, 5.41) is 12.1. The zero-order valence-electron chi connectivity index (χ0n) is 12.8. The third-order valence-electron chi connectivity index (χ3n) is 4.25. The van der Waals surface area contributed by atoms with Crippen LogP contribution in [0.2, 0.25) is 0 Å². The first-order chi connectivity index (χ1) is 9.36. The highest BCUT2D eigenvalue weighted by atomic mass is 16.5. The van der Waals surface area contributed by atoms with Crippen molar-refractivity contribution in [1.82, 2.24) is 10.2 Å². The topological polar surface area (TPSA) is 78.9 Å². The van der Waals surface area contributed by atoms with Gasteiger partial charge in [0.15, 0.2) is 0 Å². The summed E-state index contributed by atoms with van der Waals surface area (Å²) >= 11 is 0. The number of aliphatic carboxylic acids is 1. The maximum absolute atomic E-state index is 12.2. The highest BCUT2D eigenvalue weighted by Crippen LogP contribution is 2.25. The quantitative estimate of drug-likeness (QED) is 0.806. The Bertz CT molecular complexity index is 355. The Kier molecular flexibility index (Phi) is 5.80. The fourth-order valence-electron chi connectivity index (χ4n) is 2.41. The van der Waals surface area contributed by atoms with Crippen LogP contribution in [0.1, 0.15) is 40.5 Å². The van der Waals surface area contributed by atoms with Gasteiger partial charge in [-0.15, -0.1) is 0 Å². The predicted molar refractivity (Wildman–Crippen MR) is 75.6 cm³/mol. The van der Waals surface area contributed by atoms with Crippen molar-refractivity contribution in [3.05, 3.63) is 0 Å². The number of carboxylic acid groups (broad SMARTS) is 1. The molecule has 1 rings (SSSR count). The highest BCUT2D eigenvalue weighted by molar-refractivity contribution is 5.78. The fourth-order valence-corrected chi connectivity index (χ4v) is 2.41. The number of ether oxygens (including phenoxy) is 1. The molecule has 0 radical (unpaired) electrons. The van der Waals surface area contributed by atoms with Crippen LogP contribution in [0.4, 0.5) is 4.79 Å². The number of carbonyl (C=O) groups excluding carboxylic acids is 1. The molecule has 2 amide bonds. The Hall–Kier alpha value is -1.30. The molecule has 1 heterocycles. The molecule has 2 N–H and O–H groups in total. The molecule has 6 nitrogen and oxygen atoms in total. The summed E-state index contributed by atoms with van der Waals surface area (Å²) in [7, 11) is 0. The van der Waals surface area contributed by atoms with Gasteiger partial charge in [0.2, 0.25) is 0 Å². The molecule has 2 unspecified atom stereocenters. The highest BCUT2D eigenvalue weighted by Gasteiger charge is 2.36. The smallest absolute Gasteiger partial charge is 0.317 e. The first-order valence-electron chi connectivity index (χ1n) is 7.25. The summed E-state index contributed by atoms with van der Waals surface area (Å²) in [6.07, 6.45) is 1.00. The van der Waals surface area contributed by atoms with Gasteiger partial charge in [-0.1, -0.05) is 13.8 Å². The molecular formula is C14H26N2O4. The summed E-state index contributed by atoms with van der Waals surface area (Å²) in [4.78, 5) is 25.3. The van der Waals surface area contributed by atoms with E-state index in [0.29, 0.717) is 26.0 Å². The second kappa shape index (κ2) is 6.92. The number of hydrogen-bond donors (Lipinski definition) is 2. The lowest BCUT2D eigenvalue weighted by molar-refractivity contribution is -0.149. The lowest BCUT2D eigenvalue weighted by Crippen LogP contribution is -2.55. The number of amides is 2. The molecule has 20 heavy (non-hydrogen) atoms. The first-order valence-corrected chi connectivity index (χ1v) is 7.25. The van der Waals surface area contributed by atoms with Gasteiger partial charge in [-0.3, -0.25) is 4.79 Å². The van der Waals surface area contributed by atoms with Crippen LogP contribution < -0.4 is 5.32 Å². The van der Waals surface area contributed by atoms with Crippen molar-refractivity contribution in [3.63, 3.8) is 0 Å². The van der Waals surface area contributed by atoms with Crippen molar-refractivity contribution in [2.75, 3.05) is 19.7 Å². The van der Waals surface area contributed by atoms with Crippen LogP contribution in [0.15, 0.2) is 0 Å². The summed E-state index contributed by atoms with van der Waals surface area (Å²) in [5.41, 5.74) is -0.878. The fraction of sp³-hybridized carbons (Fsp3) is 0.857.